The van der Waals surface area contributed by atoms with E-state index in [0.717, 1.165) is 24.3 Å². The van der Waals surface area contributed by atoms with Crippen molar-refractivity contribution in [3.05, 3.63) is 17.3 Å². The average Bonchev–Trinajstić information content (AvgIpc) is 2.74. The molecule has 3 nitrogen and oxygen atoms in total. The van der Waals surface area contributed by atoms with Gasteiger partial charge in [0, 0.05) is 18.5 Å². The summed E-state index contributed by atoms with van der Waals surface area (Å²) in [6.45, 7) is 3.11. The van der Waals surface area contributed by atoms with Gasteiger partial charge in [0.2, 0.25) is 0 Å². The molecule has 0 spiro atoms. The largest absolute Gasteiger partial charge is 0.352 e. The highest BCUT2D eigenvalue weighted by atomic mass is 35.5. The van der Waals surface area contributed by atoms with Gasteiger partial charge in [-0.15, -0.1) is 22.9 Å². The van der Waals surface area contributed by atoms with Gasteiger partial charge >= 0.3 is 0 Å². The quantitative estimate of drug-likeness (QED) is 0.781. The van der Waals surface area contributed by atoms with Gasteiger partial charge in [-0.2, -0.15) is 0 Å². The van der Waals surface area contributed by atoms with Crippen molar-refractivity contribution >= 4 is 39.0 Å². The van der Waals surface area contributed by atoms with E-state index in [-0.39, 0.29) is 0 Å². The molecule has 2 aromatic rings. The fourth-order valence-electron chi connectivity index (χ4n) is 2.55. The van der Waals surface area contributed by atoms with Gasteiger partial charge in [0.25, 0.3) is 0 Å². The molecule has 1 fully saturated rings. The number of aryl methyl sites for hydroxylation is 1. The van der Waals surface area contributed by atoms with Gasteiger partial charge in [0.1, 0.15) is 12.1 Å². The Hall–Kier alpha value is -0.870. The summed E-state index contributed by atoms with van der Waals surface area (Å²) in [5.74, 6) is 1.82. The van der Waals surface area contributed by atoms with E-state index < -0.39 is 0 Å². The first-order valence-electron chi connectivity index (χ1n) is 6.82. The van der Waals surface area contributed by atoms with Crippen LogP contribution in [0.1, 0.15) is 31.2 Å². The molecular formula is C14H18ClN3S. The molecular weight excluding hydrogens is 278 g/mol. The summed E-state index contributed by atoms with van der Waals surface area (Å²) in [6, 6.07) is 0.642. The van der Waals surface area contributed by atoms with Crippen LogP contribution in [0.2, 0.25) is 0 Å². The third kappa shape index (κ3) is 2.43. The zero-order valence-electron chi connectivity index (χ0n) is 11.1. The molecule has 1 saturated carbocycles. The molecule has 0 bridgehead atoms. The summed E-state index contributed by atoms with van der Waals surface area (Å²) >= 11 is 7.62. The van der Waals surface area contributed by atoms with E-state index >= 15 is 0 Å². The summed E-state index contributed by atoms with van der Waals surface area (Å²) in [5, 5.41) is 2.17. The second-order valence-electron chi connectivity index (χ2n) is 5.11. The fourth-order valence-corrected chi connectivity index (χ4v) is 3.68. The van der Waals surface area contributed by atoms with Crippen LogP contribution in [0.3, 0.4) is 0 Å². The normalized spacial score (nSPS) is 15.7. The van der Waals surface area contributed by atoms with Gasteiger partial charge in [0.15, 0.2) is 0 Å². The standard InChI is InChI=1S/C14H18ClN3S/c1-10-8-19-13-12(10)16-9-17-14(13)18(7-3-6-15)11-4-2-5-11/h8-9,11H,2-7H2,1H3. The van der Waals surface area contributed by atoms with Crippen molar-refractivity contribution in [1.29, 1.82) is 0 Å². The van der Waals surface area contributed by atoms with Crippen LogP contribution in [0.4, 0.5) is 5.82 Å². The lowest BCUT2D eigenvalue weighted by atomic mass is 9.91. The number of rotatable bonds is 5. The lowest BCUT2D eigenvalue weighted by Crippen LogP contribution is -2.41. The minimum atomic E-state index is 0.642. The molecule has 0 N–H and O–H groups in total. The molecule has 0 saturated heterocycles. The Kier molecular flexibility index (Phi) is 3.89. The highest BCUT2D eigenvalue weighted by Gasteiger charge is 2.27. The second kappa shape index (κ2) is 5.63. The van der Waals surface area contributed by atoms with Gasteiger partial charge < -0.3 is 4.90 Å². The van der Waals surface area contributed by atoms with E-state index in [0.29, 0.717) is 11.9 Å². The molecule has 0 aliphatic heterocycles. The maximum absolute atomic E-state index is 5.86. The van der Waals surface area contributed by atoms with E-state index in [9.17, 15) is 0 Å². The van der Waals surface area contributed by atoms with Crippen molar-refractivity contribution in [3.8, 4) is 0 Å². The Morgan fingerprint density at radius 3 is 2.95 bits per heavy atom. The van der Waals surface area contributed by atoms with Gasteiger partial charge in [-0.25, -0.2) is 9.97 Å². The summed E-state index contributed by atoms with van der Waals surface area (Å²) in [7, 11) is 0. The van der Waals surface area contributed by atoms with Gasteiger partial charge in [-0.3, -0.25) is 0 Å². The van der Waals surface area contributed by atoms with E-state index in [1.54, 1.807) is 17.7 Å². The van der Waals surface area contributed by atoms with Crippen LogP contribution in [0.15, 0.2) is 11.7 Å². The summed E-state index contributed by atoms with van der Waals surface area (Å²) < 4.78 is 1.22. The molecule has 0 atom stereocenters. The van der Waals surface area contributed by atoms with Crippen molar-refractivity contribution < 1.29 is 0 Å². The molecule has 5 heteroatoms. The number of alkyl halides is 1. The van der Waals surface area contributed by atoms with Crippen molar-refractivity contribution in [2.75, 3.05) is 17.3 Å². The van der Waals surface area contributed by atoms with Crippen molar-refractivity contribution in [2.45, 2.75) is 38.6 Å². The molecule has 0 aromatic carbocycles. The average molecular weight is 296 g/mol. The lowest BCUT2D eigenvalue weighted by Gasteiger charge is -2.38. The number of halogens is 1. The van der Waals surface area contributed by atoms with E-state index in [1.165, 1.54) is 29.5 Å². The number of hydrogen-bond acceptors (Lipinski definition) is 4. The van der Waals surface area contributed by atoms with Crippen molar-refractivity contribution in [1.82, 2.24) is 9.97 Å². The predicted molar refractivity (Wildman–Crippen MR) is 82.5 cm³/mol. The number of hydrogen-bond donors (Lipinski definition) is 0. The molecule has 102 valence electrons. The van der Waals surface area contributed by atoms with Crippen molar-refractivity contribution in [3.63, 3.8) is 0 Å². The third-order valence-electron chi connectivity index (χ3n) is 3.83. The topological polar surface area (TPSA) is 29.0 Å². The minimum Gasteiger partial charge on any atom is -0.352 e. The molecule has 1 aliphatic rings. The maximum Gasteiger partial charge on any atom is 0.150 e. The molecule has 2 aromatic heterocycles. The number of aromatic nitrogens is 2. The van der Waals surface area contributed by atoms with Crippen LogP contribution in [0, 0.1) is 6.92 Å². The summed E-state index contributed by atoms with van der Waals surface area (Å²) in [4.78, 5) is 11.4. The Balaban J connectivity index is 1.98. The zero-order chi connectivity index (χ0) is 13.2. The summed E-state index contributed by atoms with van der Waals surface area (Å²) in [6.07, 6.45) is 6.59. The lowest BCUT2D eigenvalue weighted by molar-refractivity contribution is 0.384. The fraction of sp³-hybridized carbons (Fsp3) is 0.571. The Bertz CT molecular complexity index is 565. The zero-order valence-corrected chi connectivity index (χ0v) is 12.7. The molecule has 3 rings (SSSR count). The number of anilines is 1. The van der Waals surface area contributed by atoms with Crippen molar-refractivity contribution in [2.24, 2.45) is 0 Å². The SMILES string of the molecule is Cc1csc2c(N(CCCCl)C3CCC3)ncnc12. The number of thiophene rings is 1. The van der Waals surface area contributed by atoms with E-state index in [2.05, 4.69) is 27.2 Å². The molecule has 19 heavy (non-hydrogen) atoms. The highest BCUT2D eigenvalue weighted by molar-refractivity contribution is 7.18. The first kappa shape index (κ1) is 13.1. The van der Waals surface area contributed by atoms with Gasteiger partial charge in [0.05, 0.1) is 10.2 Å². The molecule has 2 heterocycles. The molecule has 1 aliphatic carbocycles. The van der Waals surface area contributed by atoms with E-state index in [4.69, 9.17) is 11.6 Å². The summed E-state index contributed by atoms with van der Waals surface area (Å²) in [5.41, 5.74) is 2.35. The minimum absolute atomic E-state index is 0.642. The molecule has 0 unspecified atom stereocenters. The second-order valence-corrected chi connectivity index (χ2v) is 6.37. The smallest absolute Gasteiger partial charge is 0.150 e. The van der Waals surface area contributed by atoms with Gasteiger partial charge in [-0.05, 0) is 43.6 Å². The first-order chi connectivity index (χ1) is 9.31. The van der Waals surface area contributed by atoms with Crippen LogP contribution in [0.25, 0.3) is 10.2 Å². The molecule has 0 amide bonds. The number of nitrogens with zero attached hydrogens (tertiary/aromatic N) is 3. The first-order valence-corrected chi connectivity index (χ1v) is 8.24. The number of fused-ring (bicyclic) bond motifs is 1. The van der Waals surface area contributed by atoms with Gasteiger partial charge in [-0.1, -0.05) is 0 Å². The Labute approximate surface area is 122 Å². The Morgan fingerprint density at radius 2 is 2.26 bits per heavy atom. The molecule has 0 radical (unpaired) electrons. The third-order valence-corrected chi connectivity index (χ3v) is 5.18. The van der Waals surface area contributed by atoms with Crippen LogP contribution < -0.4 is 4.90 Å². The Morgan fingerprint density at radius 1 is 1.42 bits per heavy atom. The predicted octanol–water partition coefficient (Wildman–Crippen LogP) is 3.99. The van der Waals surface area contributed by atoms with Crippen LogP contribution in [0.5, 0.6) is 0 Å². The van der Waals surface area contributed by atoms with Crippen LogP contribution >= 0.6 is 22.9 Å². The monoisotopic (exact) mass is 295 g/mol. The van der Waals surface area contributed by atoms with Crippen LogP contribution in [-0.2, 0) is 0 Å². The van der Waals surface area contributed by atoms with Crippen LogP contribution in [-0.4, -0.2) is 28.4 Å². The van der Waals surface area contributed by atoms with E-state index in [1.807, 2.05) is 0 Å². The maximum atomic E-state index is 5.86. The highest BCUT2D eigenvalue weighted by Crippen LogP contribution is 2.35.